The highest BCUT2D eigenvalue weighted by molar-refractivity contribution is 7.22. The Labute approximate surface area is 104 Å². The van der Waals surface area contributed by atoms with E-state index in [1.165, 1.54) is 20.5 Å². The molecule has 2 aromatic heterocycles. The number of rotatable bonds is 2. The van der Waals surface area contributed by atoms with Gasteiger partial charge in [0.1, 0.15) is 0 Å². The fraction of sp³-hybridized carbons (Fsp3) is 0.0714. The highest BCUT2D eigenvalue weighted by Gasteiger charge is 2.12. The molecule has 17 heavy (non-hydrogen) atoms. The maximum Gasteiger partial charge on any atom is 0.0805 e. The molecular formula is C14H12N2S. The van der Waals surface area contributed by atoms with E-state index in [1.807, 2.05) is 24.4 Å². The Morgan fingerprint density at radius 3 is 2.65 bits per heavy atom. The standard InChI is InChI=1S/C14H12N2S/c15-9-11-10-5-1-2-7-13(10)17-14(11)12-6-3-4-8-16-12/h1-8H,9,15H2. The lowest BCUT2D eigenvalue weighted by molar-refractivity contribution is 1.09. The lowest BCUT2D eigenvalue weighted by atomic mass is 10.1. The summed E-state index contributed by atoms with van der Waals surface area (Å²) in [4.78, 5) is 5.60. The summed E-state index contributed by atoms with van der Waals surface area (Å²) in [6.45, 7) is 0.552. The van der Waals surface area contributed by atoms with Gasteiger partial charge in [-0.3, -0.25) is 4.98 Å². The van der Waals surface area contributed by atoms with Gasteiger partial charge in [0.25, 0.3) is 0 Å². The molecule has 0 saturated heterocycles. The van der Waals surface area contributed by atoms with E-state index in [-0.39, 0.29) is 0 Å². The molecule has 0 amide bonds. The summed E-state index contributed by atoms with van der Waals surface area (Å²) < 4.78 is 1.27. The highest BCUT2D eigenvalue weighted by Crippen LogP contribution is 2.37. The van der Waals surface area contributed by atoms with Crippen LogP contribution in [-0.2, 0) is 6.54 Å². The molecule has 0 radical (unpaired) electrons. The van der Waals surface area contributed by atoms with Gasteiger partial charge in [-0.2, -0.15) is 0 Å². The van der Waals surface area contributed by atoms with Gasteiger partial charge in [0.2, 0.25) is 0 Å². The number of aromatic nitrogens is 1. The summed E-state index contributed by atoms with van der Waals surface area (Å²) in [7, 11) is 0. The number of nitrogens with two attached hydrogens (primary N) is 1. The molecule has 3 aromatic rings. The van der Waals surface area contributed by atoms with E-state index >= 15 is 0 Å². The van der Waals surface area contributed by atoms with Gasteiger partial charge in [0, 0.05) is 17.4 Å². The number of benzene rings is 1. The molecule has 84 valence electrons. The van der Waals surface area contributed by atoms with Crippen LogP contribution in [0, 0.1) is 0 Å². The van der Waals surface area contributed by atoms with Gasteiger partial charge in [0.15, 0.2) is 0 Å². The molecule has 2 nitrogen and oxygen atoms in total. The first kappa shape index (κ1) is 10.4. The number of nitrogens with zero attached hydrogens (tertiary/aromatic N) is 1. The highest BCUT2D eigenvalue weighted by atomic mass is 32.1. The summed E-state index contributed by atoms with van der Waals surface area (Å²) in [5.41, 5.74) is 8.08. The minimum Gasteiger partial charge on any atom is -0.326 e. The number of fused-ring (bicyclic) bond motifs is 1. The van der Waals surface area contributed by atoms with Crippen molar-refractivity contribution in [2.75, 3.05) is 0 Å². The van der Waals surface area contributed by atoms with E-state index in [0.29, 0.717) is 6.54 Å². The Morgan fingerprint density at radius 2 is 1.88 bits per heavy atom. The second-order valence-electron chi connectivity index (χ2n) is 3.83. The monoisotopic (exact) mass is 240 g/mol. The molecule has 0 bridgehead atoms. The Morgan fingerprint density at radius 1 is 1.06 bits per heavy atom. The van der Waals surface area contributed by atoms with Crippen LogP contribution in [0.2, 0.25) is 0 Å². The van der Waals surface area contributed by atoms with Crippen LogP contribution in [0.5, 0.6) is 0 Å². The third-order valence-corrected chi connectivity index (χ3v) is 4.04. The van der Waals surface area contributed by atoms with Crippen molar-refractivity contribution in [2.45, 2.75) is 6.54 Å². The molecule has 0 saturated carbocycles. The maximum absolute atomic E-state index is 5.88. The second-order valence-corrected chi connectivity index (χ2v) is 4.88. The molecule has 0 unspecified atom stereocenters. The number of thiophene rings is 1. The van der Waals surface area contributed by atoms with Crippen molar-refractivity contribution in [3.8, 4) is 10.6 Å². The Bertz CT molecular complexity index is 644. The third-order valence-electron chi connectivity index (χ3n) is 2.80. The number of pyridine rings is 1. The lowest BCUT2D eigenvalue weighted by Gasteiger charge is -2.00. The van der Waals surface area contributed by atoms with Crippen LogP contribution in [0.3, 0.4) is 0 Å². The molecule has 0 atom stereocenters. The lowest BCUT2D eigenvalue weighted by Crippen LogP contribution is -1.97. The van der Waals surface area contributed by atoms with Crippen molar-refractivity contribution in [3.05, 3.63) is 54.2 Å². The quantitative estimate of drug-likeness (QED) is 0.745. The van der Waals surface area contributed by atoms with Crippen LogP contribution >= 0.6 is 11.3 Å². The van der Waals surface area contributed by atoms with Crippen molar-refractivity contribution in [2.24, 2.45) is 5.73 Å². The maximum atomic E-state index is 5.88. The molecule has 0 fully saturated rings. The largest absolute Gasteiger partial charge is 0.326 e. The molecule has 1 aromatic carbocycles. The molecule has 0 aliphatic rings. The van der Waals surface area contributed by atoms with Gasteiger partial charge in [0.05, 0.1) is 10.6 Å². The van der Waals surface area contributed by atoms with Crippen molar-refractivity contribution >= 4 is 21.4 Å². The average Bonchev–Trinajstić information content (AvgIpc) is 2.78. The van der Waals surface area contributed by atoms with Crippen LogP contribution in [-0.4, -0.2) is 4.98 Å². The first-order chi connectivity index (χ1) is 8.40. The zero-order valence-corrected chi connectivity index (χ0v) is 10.1. The summed E-state index contributed by atoms with van der Waals surface area (Å²) in [6.07, 6.45) is 1.82. The fourth-order valence-electron chi connectivity index (χ4n) is 2.01. The van der Waals surface area contributed by atoms with Gasteiger partial charge in [-0.1, -0.05) is 24.3 Å². The smallest absolute Gasteiger partial charge is 0.0805 e. The van der Waals surface area contributed by atoms with Crippen molar-refractivity contribution in [1.82, 2.24) is 4.98 Å². The van der Waals surface area contributed by atoms with Gasteiger partial charge in [-0.15, -0.1) is 11.3 Å². The van der Waals surface area contributed by atoms with Crippen LogP contribution in [0.4, 0.5) is 0 Å². The van der Waals surface area contributed by atoms with Gasteiger partial charge >= 0.3 is 0 Å². The molecule has 2 N–H and O–H groups in total. The van der Waals surface area contributed by atoms with Gasteiger partial charge in [-0.05, 0) is 29.1 Å². The zero-order valence-electron chi connectivity index (χ0n) is 9.26. The SMILES string of the molecule is NCc1c(-c2ccccn2)sc2ccccc12. The van der Waals surface area contributed by atoms with E-state index in [1.54, 1.807) is 11.3 Å². The number of hydrogen-bond donors (Lipinski definition) is 1. The zero-order chi connectivity index (χ0) is 11.7. The topological polar surface area (TPSA) is 38.9 Å². The van der Waals surface area contributed by atoms with E-state index in [2.05, 4.69) is 29.2 Å². The van der Waals surface area contributed by atoms with E-state index in [4.69, 9.17) is 5.73 Å². The molecule has 0 aliphatic heterocycles. The Kier molecular flexibility index (Phi) is 2.63. The molecule has 3 rings (SSSR count). The molecule has 0 spiro atoms. The van der Waals surface area contributed by atoms with E-state index in [0.717, 1.165) is 5.69 Å². The van der Waals surface area contributed by atoms with Crippen LogP contribution in [0.15, 0.2) is 48.7 Å². The second kappa shape index (κ2) is 4.28. The Hall–Kier alpha value is -1.71. The summed E-state index contributed by atoms with van der Waals surface area (Å²) in [6, 6.07) is 14.3. The summed E-state index contributed by atoms with van der Waals surface area (Å²) >= 11 is 1.76. The number of hydrogen-bond acceptors (Lipinski definition) is 3. The first-order valence-corrected chi connectivity index (χ1v) is 6.33. The normalized spacial score (nSPS) is 10.9. The Balaban J connectivity index is 2.30. The fourth-order valence-corrected chi connectivity index (χ4v) is 3.21. The van der Waals surface area contributed by atoms with Crippen molar-refractivity contribution in [3.63, 3.8) is 0 Å². The minimum atomic E-state index is 0.552. The van der Waals surface area contributed by atoms with Gasteiger partial charge in [-0.25, -0.2) is 0 Å². The van der Waals surface area contributed by atoms with Crippen molar-refractivity contribution < 1.29 is 0 Å². The summed E-state index contributed by atoms with van der Waals surface area (Å²) in [5.74, 6) is 0. The van der Waals surface area contributed by atoms with E-state index in [9.17, 15) is 0 Å². The molecule has 2 heterocycles. The third kappa shape index (κ3) is 1.73. The molecular weight excluding hydrogens is 228 g/mol. The van der Waals surface area contributed by atoms with Crippen LogP contribution < -0.4 is 5.73 Å². The van der Waals surface area contributed by atoms with E-state index < -0.39 is 0 Å². The predicted molar refractivity (Wildman–Crippen MR) is 72.9 cm³/mol. The van der Waals surface area contributed by atoms with Crippen LogP contribution in [0.1, 0.15) is 5.56 Å². The molecule has 3 heteroatoms. The van der Waals surface area contributed by atoms with Crippen molar-refractivity contribution in [1.29, 1.82) is 0 Å². The van der Waals surface area contributed by atoms with Crippen LogP contribution in [0.25, 0.3) is 20.7 Å². The molecule has 0 aliphatic carbocycles. The predicted octanol–water partition coefficient (Wildman–Crippen LogP) is 3.42. The average molecular weight is 240 g/mol. The van der Waals surface area contributed by atoms with Gasteiger partial charge < -0.3 is 5.73 Å². The summed E-state index contributed by atoms with van der Waals surface area (Å²) in [5, 5.41) is 1.25. The minimum absolute atomic E-state index is 0.552. The first-order valence-electron chi connectivity index (χ1n) is 5.52.